The highest BCUT2D eigenvalue weighted by Gasteiger charge is 2.34. The maximum Gasteiger partial charge on any atom is 0.180 e. The van der Waals surface area contributed by atoms with Gasteiger partial charge in [0.05, 0.1) is 0 Å². The molecule has 5 rings (SSSR count). The summed E-state index contributed by atoms with van der Waals surface area (Å²) in [6.07, 6.45) is 5.26. The Bertz CT molecular complexity index is 887. The van der Waals surface area contributed by atoms with Crippen LogP contribution in [-0.2, 0) is 0 Å². The van der Waals surface area contributed by atoms with Crippen molar-refractivity contribution < 1.29 is 0 Å². The van der Waals surface area contributed by atoms with Crippen molar-refractivity contribution >= 4 is 22.8 Å². The zero-order valence-electron chi connectivity index (χ0n) is 14.6. The van der Waals surface area contributed by atoms with E-state index in [-0.39, 0.29) is 0 Å². The first-order valence-corrected chi connectivity index (χ1v) is 9.09. The number of aromatic nitrogens is 4. The smallest absolute Gasteiger partial charge is 0.180 e. The normalized spacial score (nSPS) is 18.9. The second kappa shape index (κ2) is 6.49. The molecular formula is C19H21N7. The van der Waals surface area contributed by atoms with Crippen LogP contribution in [0, 0.1) is 0 Å². The van der Waals surface area contributed by atoms with E-state index >= 15 is 0 Å². The van der Waals surface area contributed by atoms with E-state index < -0.39 is 0 Å². The van der Waals surface area contributed by atoms with Gasteiger partial charge in [0.2, 0.25) is 0 Å². The van der Waals surface area contributed by atoms with E-state index in [9.17, 15) is 0 Å². The summed E-state index contributed by atoms with van der Waals surface area (Å²) in [6, 6.07) is 10.8. The molecule has 2 fully saturated rings. The van der Waals surface area contributed by atoms with Crippen LogP contribution in [0.25, 0.3) is 11.2 Å². The second-order valence-electron chi connectivity index (χ2n) is 6.84. The molecule has 2 aliphatic heterocycles. The number of pyridine rings is 2. The first-order valence-electron chi connectivity index (χ1n) is 9.09. The number of anilines is 2. The first kappa shape index (κ1) is 15.5. The molecule has 7 heteroatoms. The van der Waals surface area contributed by atoms with Crippen molar-refractivity contribution in [3.8, 4) is 0 Å². The molecule has 3 aromatic rings. The lowest BCUT2D eigenvalue weighted by atomic mass is 10.1. The zero-order valence-corrected chi connectivity index (χ0v) is 14.6. The second-order valence-corrected chi connectivity index (χ2v) is 6.84. The third-order valence-electron chi connectivity index (χ3n) is 5.31. The lowest BCUT2D eigenvalue weighted by Gasteiger charge is -2.48. The summed E-state index contributed by atoms with van der Waals surface area (Å²) in [5.41, 5.74) is 1.57. The third-order valence-corrected chi connectivity index (χ3v) is 5.31. The molecule has 132 valence electrons. The Morgan fingerprint density at radius 2 is 1.58 bits per heavy atom. The molecule has 7 nitrogen and oxygen atoms in total. The highest BCUT2D eigenvalue weighted by Crippen LogP contribution is 2.24. The molecular weight excluding hydrogens is 326 g/mol. The Labute approximate surface area is 152 Å². The van der Waals surface area contributed by atoms with Crippen molar-refractivity contribution in [2.75, 3.05) is 49.1 Å². The Hall–Kier alpha value is -2.80. The van der Waals surface area contributed by atoms with E-state index in [1.54, 1.807) is 12.4 Å². The number of rotatable bonds is 3. The summed E-state index contributed by atoms with van der Waals surface area (Å²) >= 11 is 0. The largest absolute Gasteiger partial charge is 0.354 e. The van der Waals surface area contributed by atoms with Crippen LogP contribution in [0.3, 0.4) is 0 Å². The average molecular weight is 347 g/mol. The molecule has 0 radical (unpaired) electrons. The molecule has 26 heavy (non-hydrogen) atoms. The van der Waals surface area contributed by atoms with Gasteiger partial charge in [0.1, 0.15) is 17.2 Å². The number of piperazine rings is 1. The standard InChI is InChI=1S/C19H21N7/c1-2-6-21-17(3-1)25-11-9-24(10-12-25)15-13-26(14-15)18-5-4-16-19(23-18)22-8-7-20-16/h1-8,15H,9-14H2. The van der Waals surface area contributed by atoms with Gasteiger partial charge in [-0.3, -0.25) is 9.88 Å². The van der Waals surface area contributed by atoms with E-state index in [0.29, 0.717) is 6.04 Å². The Morgan fingerprint density at radius 1 is 0.731 bits per heavy atom. The van der Waals surface area contributed by atoms with Crippen LogP contribution < -0.4 is 9.80 Å². The van der Waals surface area contributed by atoms with Gasteiger partial charge in [-0.25, -0.2) is 15.0 Å². The predicted molar refractivity (Wildman–Crippen MR) is 101 cm³/mol. The molecule has 0 bridgehead atoms. The van der Waals surface area contributed by atoms with Gasteiger partial charge >= 0.3 is 0 Å². The van der Waals surface area contributed by atoms with Crippen molar-refractivity contribution in [3.63, 3.8) is 0 Å². The topological polar surface area (TPSA) is 61.3 Å². The van der Waals surface area contributed by atoms with Crippen LogP contribution >= 0.6 is 0 Å². The summed E-state index contributed by atoms with van der Waals surface area (Å²) in [4.78, 5) is 25.0. The number of hydrogen-bond donors (Lipinski definition) is 0. The van der Waals surface area contributed by atoms with E-state index in [0.717, 1.165) is 62.1 Å². The molecule has 0 atom stereocenters. The summed E-state index contributed by atoms with van der Waals surface area (Å²) in [6.45, 7) is 6.32. The minimum absolute atomic E-state index is 0.611. The van der Waals surface area contributed by atoms with E-state index in [1.165, 1.54) is 0 Å². The van der Waals surface area contributed by atoms with E-state index in [4.69, 9.17) is 0 Å². The Balaban J connectivity index is 1.18. The highest BCUT2D eigenvalue weighted by molar-refractivity contribution is 5.71. The summed E-state index contributed by atoms with van der Waals surface area (Å²) in [5, 5.41) is 0. The van der Waals surface area contributed by atoms with Crippen LogP contribution in [0.1, 0.15) is 0 Å². The number of nitrogens with zero attached hydrogens (tertiary/aromatic N) is 7. The fourth-order valence-corrected chi connectivity index (χ4v) is 3.75. The van der Waals surface area contributed by atoms with Crippen molar-refractivity contribution in [2.45, 2.75) is 6.04 Å². The van der Waals surface area contributed by atoms with Crippen LogP contribution in [0.2, 0.25) is 0 Å². The fraction of sp³-hybridized carbons (Fsp3) is 0.368. The quantitative estimate of drug-likeness (QED) is 0.710. The van der Waals surface area contributed by atoms with Crippen molar-refractivity contribution in [2.24, 2.45) is 0 Å². The summed E-state index contributed by atoms with van der Waals surface area (Å²) in [7, 11) is 0. The van der Waals surface area contributed by atoms with Gasteiger partial charge in [-0.2, -0.15) is 0 Å². The molecule has 5 heterocycles. The maximum absolute atomic E-state index is 4.65. The van der Waals surface area contributed by atoms with Crippen molar-refractivity contribution in [1.82, 2.24) is 24.8 Å². The maximum atomic E-state index is 4.65. The Kier molecular flexibility index (Phi) is 3.86. The van der Waals surface area contributed by atoms with Gasteiger partial charge in [-0.1, -0.05) is 6.07 Å². The SMILES string of the molecule is c1ccc(N2CCN(C3CN(c4ccc5nccnc5n4)C3)CC2)nc1. The molecule has 0 aromatic carbocycles. The predicted octanol–water partition coefficient (Wildman–Crippen LogP) is 1.43. The van der Waals surface area contributed by atoms with Crippen LogP contribution in [0.15, 0.2) is 48.9 Å². The van der Waals surface area contributed by atoms with Gasteiger partial charge < -0.3 is 9.80 Å². The molecule has 0 N–H and O–H groups in total. The van der Waals surface area contributed by atoms with Gasteiger partial charge in [0.15, 0.2) is 5.65 Å². The van der Waals surface area contributed by atoms with E-state index in [1.807, 2.05) is 24.4 Å². The van der Waals surface area contributed by atoms with Crippen LogP contribution in [0.5, 0.6) is 0 Å². The minimum atomic E-state index is 0.611. The van der Waals surface area contributed by atoms with Crippen molar-refractivity contribution in [1.29, 1.82) is 0 Å². The first-order chi connectivity index (χ1) is 12.9. The molecule has 2 aliphatic rings. The fourth-order valence-electron chi connectivity index (χ4n) is 3.75. The van der Waals surface area contributed by atoms with Crippen LogP contribution in [-0.4, -0.2) is 70.1 Å². The molecule has 0 amide bonds. The average Bonchev–Trinajstić information content (AvgIpc) is 2.68. The lowest BCUT2D eigenvalue weighted by molar-refractivity contribution is 0.156. The third kappa shape index (κ3) is 2.84. The molecule has 0 unspecified atom stereocenters. The highest BCUT2D eigenvalue weighted by atomic mass is 15.4. The molecule has 0 saturated carbocycles. The Morgan fingerprint density at radius 3 is 2.38 bits per heavy atom. The van der Waals surface area contributed by atoms with Gasteiger partial charge in [0.25, 0.3) is 0 Å². The zero-order chi connectivity index (χ0) is 17.3. The van der Waals surface area contributed by atoms with Crippen molar-refractivity contribution in [3.05, 3.63) is 48.9 Å². The summed E-state index contributed by atoms with van der Waals surface area (Å²) in [5.74, 6) is 2.09. The molecule has 3 aromatic heterocycles. The molecule has 0 aliphatic carbocycles. The monoisotopic (exact) mass is 347 g/mol. The van der Waals surface area contributed by atoms with Gasteiger partial charge in [-0.15, -0.1) is 0 Å². The molecule has 2 saturated heterocycles. The van der Waals surface area contributed by atoms with Gasteiger partial charge in [0, 0.05) is 63.9 Å². The van der Waals surface area contributed by atoms with E-state index in [2.05, 4.69) is 46.8 Å². The van der Waals surface area contributed by atoms with Crippen LogP contribution in [0.4, 0.5) is 11.6 Å². The molecule has 0 spiro atoms. The lowest BCUT2D eigenvalue weighted by Crippen LogP contribution is -2.63. The minimum Gasteiger partial charge on any atom is -0.354 e. The van der Waals surface area contributed by atoms with Gasteiger partial charge in [-0.05, 0) is 24.3 Å². The number of hydrogen-bond acceptors (Lipinski definition) is 7. The summed E-state index contributed by atoms with van der Waals surface area (Å²) < 4.78 is 0. The number of fused-ring (bicyclic) bond motifs is 1.